The molecule has 47 heavy (non-hydrogen) atoms. The molecule has 5 heteroatoms. The van der Waals surface area contributed by atoms with Gasteiger partial charge in [0.2, 0.25) is 0 Å². The molecule has 0 saturated carbocycles. The Bertz CT molecular complexity index is 2830. The first-order chi connectivity index (χ1) is 23.2. The van der Waals surface area contributed by atoms with Crippen LogP contribution in [0.25, 0.3) is 71.3 Å². The minimum atomic E-state index is 0.475. The molecule has 220 valence electrons. The van der Waals surface area contributed by atoms with Crippen molar-refractivity contribution in [2.45, 2.75) is 0 Å². The molecule has 7 aromatic carbocycles. The highest BCUT2D eigenvalue weighted by atomic mass is 15.4. The summed E-state index contributed by atoms with van der Waals surface area (Å²) in [6, 6.07) is 52.6. The molecule has 0 spiro atoms. The quantitative estimate of drug-likeness (QED) is 0.193. The summed E-state index contributed by atoms with van der Waals surface area (Å²) < 4.78 is 4.55. The van der Waals surface area contributed by atoms with Crippen LogP contribution in [0, 0.1) is 5.41 Å². The largest absolute Gasteiger partial charge is 0.300 e. The molecule has 0 atom stereocenters. The van der Waals surface area contributed by atoms with Crippen LogP contribution < -0.4 is 5.43 Å². The average molecular weight is 602 g/mol. The fraction of sp³-hybridized carbons (Fsp3) is 0. The summed E-state index contributed by atoms with van der Waals surface area (Å²) in [7, 11) is 0. The van der Waals surface area contributed by atoms with Crippen LogP contribution in [-0.2, 0) is 0 Å². The number of fused-ring (bicyclic) bond motifs is 4. The molecule has 0 bridgehead atoms. The third kappa shape index (κ3) is 3.71. The summed E-state index contributed by atoms with van der Waals surface area (Å²) in [5.74, 6) is 0.926. The predicted molar refractivity (Wildman–Crippen MR) is 195 cm³/mol. The summed E-state index contributed by atoms with van der Waals surface area (Å²) >= 11 is 0. The van der Waals surface area contributed by atoms with E-state index in [0.29, 0.717) is 5.71 Å². The second-order valence-electron chi connectivity index (χ2n) is 12.1. The molecular weight excluding hydrogens is 574 g/mol. The maximum absolute atomic E-state index is 9.33. The van der Waals surface area contributed by atoms with E-state index in [1.807, 2.05) is 42.5 Å². The van der Waals surface area contributed by atoms with Crippen molar-refractivity contribution in [1.29, 1.82) is 5.41 Å². The van der Waals surface area contributed by atoms with E-state index in [2.05, 4.69) is 124 Å². The number of hydrogen-bond acceptors (Lipinski definition) is 3. The van der Waals surface area contributed by atoms with Crippen molar-refractivity contribution >= 4 is 71.3 Å². The third-order valence-electron chi connectivity index (χ3n) is 9.49. The lowest BCUT2D eigenvalue weighted by Crippen LogP contribution is -2.13. The minimum Gasteiger partial charge on any atom is -0.300 e. The van der Waals surface area contributed by atoms with Gasteiger partial charge in [-0.3, -0.25) is 19.9 Å². The van der Waals surface area contributed by atoms with E-state index in [0.717, 1.165) is 71.9 Å². The first kappa shape index (κ1) is 25.8. The van der Waals surface area contributed by atoms with Gasteiger partial charge >= 0.3 is 0 Å². The normalized spacial score (nSPS) is 11.9. The van der Waals surface area contributed by atoms with Gasteiger partial charge in [-0.15, -0.1) is 0 Å². The number of nitrogens with zero attached hydrogens (tertiary/aromatic N) is 3. The van der Waals surface area contributed by atoms with Crippen molar-refractivity contribution in [3.63, 3.8) is 0 Å². The van der Waals surface area contributed by atoms with Gasteiger partial charge in [-0.2, -0.15) is 0 Å². The highest BCUT2D eigenvalue weighted by Crippen LogP contribution is 2.43. The predicted octanol–water partition coefficient (Wildman–Crippen LogP) is 10.3. The fourth-order valence-corrected chi connectivity index (χ4v) is 7.38. The molecular formula is C42H27N5. The minimum absolute atomic E-state index is 0.475. The van der Waals surface area contributed by atoms with Gasteiger partial charge in [0, 0.05) is 32.8 Å². The van der Waals surface area contributed by atoms with E-state index in [4.69, 9.17) is 4.98 Å². The van der Waals surface area contributed by atoms with Gasteiger partial charge in [-0.05, 0) is 52.6 Å². The highest BCUT2D eigenvalue weighted by molar-refractivity contribution is 6.30. The van der Waals surface area contributed by atoms with Gasteiger partial charge in [0.15, 0.2) is 0 Å². The second kappa shape index (κ2) is 9.77. The van der Waals surface area contributed by atoms with Crippen molar-refractivity contribution in [2.24, 2.45) is 0 Å². The Balaban J connectivity index is 1.31. The molecule has 2 N–H and O–H groups in total. The van der Waals surface area contributed by atoms with Crippen LogP contribution in [0.5, 0.6) is 0 Å². The number of anilines is 1. The SMILES string of the molecule is N=C(c1ccccc1)c1cc2ccccc2cc1Nn1c2cccc3c4ccccc4n4c(-c5ccccc5)nc5ccc1c(c32)c54. The van der Waals surface area contributed by atoms with Gasteiger partial charge in [0.25, 0.3) is 0 Å². The van der Waals surface area contributed by atoms with Gasteiger partial charge in [-0.1, -0.05) is 115 Å². The Morgan fingerprint density at radius 2 is 1.23 bits per heavy atom. The molecule has 3 aromatic heterocycles. The molecule has 0 amide bonds. The van der Waals surface area contributed by atoms with Crippen LogP contribution in [0.1, 0.15) is 11.1 Å². The Labute approximate surface area is 269 Å². The number of benzene rings is 7. The molecule has 0 radical (unpaired) electrons. The van der Waals surface area contributed by atoms with Crippen LogP contribution >= 0.6 is 0 Å². The molecule has 0 unspecified atom stereocenters. The molecule has 10 rings (SSSR count). The van der Waals surface area contributed by atoms with E-state index < -0.39 is 0 Å². The van der Waals surface area contributed by atoms with E-state index in [-0.39, 0.29) is 0 Å². The Morgan fingerprint density at radius 1 is 0.574 bits per heavy atom. The number of rotatable bonds is 5. The van der Waals surface area contributed by atoms with Gasteiger partial charge in [0.05, 0.1) is 39.0 Å². The molecule has 10 aromatic rings. The van der Waals surface area contributed by atoms with E-state index in [1.165, 1.54) is 16.2 Å². The Hall–Kier alpha value is -6.46. The summed E-state index contributed by atoms with van der Waals surface area (Å²) in [5, 5.41) is 16.2. The Morgan fingerprint density at radius 3 is 2.06 bits per heavy atom. The zero-order chi connectivity index (χ0) is 31.1. The number of aromatic nitrogens is 3. The number of nitrogens with one attached hydrogen (secondary N) is 2. The van der Waals surface area contributed by atoms with E-state index in [1.54, 1.807) is 0 Å². The molecule has 3 heterocycles. The number of hydrogen-bond donors (Lipinski definition) is 2. The molecule has 0 aliphatic heterocycles. The molecule has 0 aliphatic carbocycles. The lowest BCUT2D eigenvalue weighted by molar-refractivity contribution is 1.06. The summed E-state index contributed by atoms with van der Waals surface area (Å²) in [5.41, 5.74) is 13.3. The first-order valence-electron chi connectivity index (χ1n) is 15.8. The summed E-state index contributed by atoms with van der Waals surface area (Å²) in [6.07, 6.45) is 0. The van der Waals surface area contributed by atoms with Crippen LogP contribution in [0.3, 0.4) is 0 Å². The van der Waals surface area contributed by atoms with Gasteiger partial charge in [0.1, 0.15) is 5.82 Å². The molecule has 0 aliphatic rings. The zero-order valence-electron chi connectivity index (χ0n) is 25.3. The maximum atomic E-state index is 9.33. The average Bonchev–Trinajstić information content (AvgIpc) is 3.63. The van der Waals surface area contributed by atoms with E-state index >= 15 is 0 Å². The van der Waals surface area contributed by atoms with Crippen molar-refractivity contribution in [1.82, 2.24) is 14.1 Å². The highest BCUT2D eigenvalue weighted by Gasteiger charge is 2.24. The topological polar surface area (TPSA) is 58.1 Å². The van der Waals surface area contributed by atoms with Gasteiger partial charge in [-0.25, -0.2) is 4.98 Å². The monoisotopic (exact) mass is 601 g/mol. The standard InChI is InChI=1S/C42H27N5/c43-40(26-12-3-1-4-13-26)32-24-28-16-7-8-17-29(28)25-34(32)45-47-36-21-11-19-31-30-18-9-10-20-35(30)46-41-33(22-23-37(47)39(41)38(31)36)44-42(46)27-14-5-2-6-15-27/h1-25,43,45H. The summed E-state index contributed by atoms with van der Waals surface area (Å²) in [6.45, 7) is 0. The van der Waals surface area contributed by atoms with Crippen molar-refractivity contribution < 1.29 is 0 Å². The number of para-hydroxylation sites is 1. The third-order valence-corrected chi connectivity index (χ3v) is 9.49. The molecule has 0 saturated heterocycles. The van der Waals surface area contributed by atoms with E-state index in [9.17, 15) is 5.41 Å². The Kier molecular flexibility index (Phi) is 5.37. The zero-order valence-corrected chi connectivity index (χ0v) is 25.3. The first-order valence-corrected chi connectivity index (χ1v) is 15.8. The lowest BCUT2D eigenvalue weighted by atomic mass is 9.97. The van der Waals surface area contributed by atoms with Gasteiger partial charge < -0.3 is 0 Å². The second-order valence-corrected chi connectivity index (χ2v) is 12.1. The maximum Gasteiger partial charge on any atom is 0.145 e. The molecule has 5 nitrogen and oxygen atoms in total. The molecule has 0 fully saturated rings. The van der Waals surface area contributed by atoms with Crippen molar-refractivity contribution in [2.75, 3.05) is 5.43 Å². The fourth-order valence-electron chi connectivity index (χ4n) is 7.38. The van der Waals surface area contributed by atoms with Crippen LogP contribution in [0.4, 0.5) is 5.69 Å². The van der Waals surface area contributed by atoms with Crippen molar-refractivity contribution in [3.05, 3.63) is 163 Å². The number of imidazole rings is 1. The van der Waals surface area contributed by atoms with Crippen molar-refractivity contribution in [3.8, 4) is 11.4 Å². The van der Waals surface area contributed by atoms with Crippen LogP contribution in [0.15, 0.2) is 152 Å². The lowest BCUT2D eigenvalue weighted by Gasteiger charge is -2.17. The smallest absolute Gasteiger partial charge is 0.145 e. The van der Waals surface area contributed by atoms with Crippen LogP contribution in [-0.4, -0.2) is 19.8 Å². The summed E-state index contributed by atoms with van der Waals surface area (Å²) in [4.78, 5) is 5.24. The van der Waals surface area contributed by atoms with Crippen LogP contribution in [0.2, 0.25) is 0 Å².